The van der Waals surface area contributed by atoms with Gasteiger partial charge in [-0.25, -0.2) is 4.98 Å². The van der Waals surface area contributed by atoms with E-state index in [-0.39, 0.29) is 5.91 Å². The van der Waals surface area contributed by atoms with E-state index in [1.165, 1.54) is 5.56 Å². The van der Waals surface area contributed by atoms with Gasteiger partial charge in [0.05, 0.1) is 0 Å². The Balaban J connectivity index is 2.05. The summed E-state index contributed by atoms with van der Waals surface area (Å²) >= 11 is 1.76. The third-order valence-corrected chi connectivity index (χ3v) is 3.30. The van der Waals surface area contributed by atoms with Gasteiger partial charge >= 0.3 is 0 Å². The third-order valence-electron chi connectivity index (χ3n) is 2.68. The summed E-state index contributed by atoms with van der Waals surface area (Å²) < 4.78 is 0. The Morgan fingerprint density at radius 1 is 1.21 bits per heavy atom. The van der Waals surface area contributed by atoms with Crippen LogP contribution >= 0.6 is 11.8 Å². The maximum absolute atomic E-state index is 12.0. The summed E-state index contributed by atoms with van der Waals surface area (Å²) in [5.74, 6) is 1.40. The largest absolute Gasteiger partial charge is 0.307 e. The highest BCUT2D eigenvalue weighted by molar-refractivity contribution is 7.97. The summed E-state index contributed by atoms with van der Waals surface area (Å²) in [7, 11) is 0. The van der Waals surface area contributed by atoms with Gasteiger partial charge in [0.25, 0.3) is 5.91 Å². The molecule has 19 heavy (non-hydrogen) atoms. The zero-order valence-electron chi connectivity index (χ0n) is 11.0. The van der Waals surface area contributed by atoms with Crippen LogP contribution in [0.3, 0.4) is 0 Å². The molecule has 0 aliphatic carbocycles. The summed E-state index contributed by atoms with van der Waals surface area (Å²) in [6.07, 6.45) is 3.79. The first kappa shape index (κ1) is 13.6. The van der Waals surface area contributed by atoms with Crippen LogP contribution in [0.2, 0.25) is 0 Å². The summed E-state index contributed by atoms with van der Waals surface area (Å²) in [4.78, 5) is 16.2. The monoisotopic (exact) mass is 272 g/mol. The number of aromatic nitrogens is 1. The Kier molecular flexibility index (Phi) is 4.58. The van der Waals surface area contributed by atoms with Gasteiger partial charge in [0.1, 0.15) is 5.82 Å². The van der Waals surface area contributed by atoms with Crippen LogP contribution < -0.4 is 5.32 Å². The van der Waals surface area contributed by atoms with Crippen molar-refractivity contribution in [1.82, 2.24) is 4.98 Å². The highest BCUT2D eigenvalue weighted by Crippen LogP contribution is 2.12. The first-order chi connectivity index (χ1) is 9.19. The normalized spacial score (nSPS) is 10.2. The van der Waals surface area contributed by atoms with E-state index in [2.05, 4.69) is 16.6 Å². The van der Waals surface area contributed by atoms with E-state index in [1.54, 1.807) is 24.0 Å². The minimum Gasteiger partial charge on any atom is -0.307 e. The molecule has 0 atom stereocenters. The average molecular weight is 272 g/mol. The molecule has 0 saturated carbocycles. The van der Waals surface area contributed by atoms with E-state index < -0.39 is 0 Å². The van der Waals surface area contributed by atoms with Crippen molar-refractivity contribution in [2.45, 2.75) is 12.7 Å². The molecule has 98 valence electrons. The summed E-state index contributed by atoms with van der Waals surface area (Å²) in [5, 5.41) is 2.78. The van der Waals surface area contributed by atoms with Gasteiger partial charge in [0.15, 0.2) is 0 Å². The molecule has 2 rings (SSSR count). The quantitative estimate of drug-likeness (QED) is 0.926. The predicted octanol–water partition coefficient (Wildman–Crippen LogP) is 3.51. The van der Waals surface area contributed by atoms with E-state index >= 15 is 0 Å². The minimum atomic E-state index is -0.132. The molecule has 1 N–H and O–H groups in total. The number of nitrogens with one attached hydrogen (secondary N) is 1. The molecule has 1 aromatic heterocycles. The van der Waals surface area contributed by atoms with Crippen molar-refractivity contribution in [2.75, 3.05) is 11.6 Å². The molecule has 4 heteroatoms. The van der Waals surface area contributed by atoms with Crippen LogP contribution in [0, 0.1) is 6.92 Å². The van der Waals surface area contributed by atoms with Gasteiger partial charge in [-0.2, -0.15) is 11.8 Å². The Morgan fingerprint density at radius 2 is 1.95 bits per heavy atom. The maximum atomic E-state index is 12.0. The Morgan fingerprint density at radius 3 is 2.53 bits per heavy atom. The first-order valence-corrected chi connectivity index (χ1v) is 7.40. The molecular weight excluding hydrogens is 256 g/mol. The number of anilines is 1. The molecule has 1 amide bonds. The second-order valence-corrected chi connectivity index (χ2v) is 5.17. The van der Waals surface area contributed by atoms with Crippen molar-refractivity contribution in [3.8, 4) is 0 Å². The zero-order chi connectivity index (χ0) is 13.7. The second-order valence-electron chi connectivity index (χ2n) is 4.30. The Bertz CT molecular complexity index is 549. The SMILES string of the molecule is CSCc1ccc(C(=O)Nc2ccc(C)cn2)cc1. The van der Waals surface area contributed by atoms with Crippen molar-refractivity contribution in [2.24, 2.45) is 0 Å². The van der Waals surface area contributed by atoms with Crippen LogP contribution in [0.25, 0.3) is 0 Å². The van der Waals surface area contributed by atoms with Crippen LogP contribution in [-0.2, 0) is 5.75 Å². The third kappa shape index (κ3) is 3.83. The molecule has 1 aromatic carbocycles. The summed E-state index contributed by atoms with van der Waals surface area (Å²) in [5.41, 5.74) is 2.93. The molecule has 0 bridgehead atoms. The van der Waals surface area contributed by atoms with Crippen LogP contribution in [0.1, 0.15) is 21.5 Å². The number of hydrogen-bond donors (Lipinski definition) is 1. The predicted molar refractivity (Wildman–Crippen MR) is 80.6 cm³/mol. The zero-order valence-corrected chi connectivity index (χ0v) is 11.8. The van der Waals surface area contributed by atoms with Crippen molar-refractivity contribution < 1.29 is 4.79 Å². The number of thioether (sulfide) groups is 1. The molecule has 0 unspecified atom stereocenters. The van der Waals surface area contributed by atoms with Gasteiger partial charge in [-0.15, -0.1) is 0 Å². The van der Waals surface area contributed by atoms with Gasteiger partial charge in [-0.3, -0.25) is 4.79 Å². The lowest BCUT2D eigenvalue weighted by Gasteiger charge is -2.05. The number of benzene rings is 1. The van der Waals surface area contributed by atoms with Gasteiger partial charge in [0.2, 0.25) is 0 Å². The number of aryl methyl sites for hydroxylation is 1. The number of carbonyl (C=O) groups excluding carboxylic acids is 1. The fourth-order valence-corrected chi connectivity index (χ4v) is 2.18. The average Bonchev–Trinajstić information content (AvgIpc) is 2.42. The standard InChI is InChI=1S/C15H16N2OS/c1-11-3-8-14(16-9-11)17-15(18)13-6-4-12(5-7-13)10-19-2/h3-9H,10H2,1-2H3,(H,16,17,18). The number of nitrogens with zero attached hydrogens (tertiary/aromatic N) is 1. The topological polar surface area (TPSA) is 42.0 Å². The Hall–Kier alpha value is -1.81. The number of amides is 1. The highest BCUT2D eigenvalue weighted by atomic mass is 32.2. The molecule has 0 radical (unpaired) electrons. The van der Waals surface area contributed by atoms with E-state index in [1.807, 2.05) is 37.3 Å². The lowest BCUT2D eigenvalue weighted by atomic mass is 10.1. The van der Waals surface area contributed by atoms with Crippen molar-refractivity contribution >= 4 is 23.5 Å². The van der Waals surface area contributed by atoms with Crippen molar-refractivity contribution in [3.05, 3.63) is 59.3 Å². The van der Waals surface area contributed by atoms with Crippen LogP contribution in [0.5, 0.6) is 0 Å². The van der Waals surface area contributed by atoms with Gasteiger partial charge in [-0.1, -0.05) is 18.2 Å². The van der Waals surface area contributed by atoms with Gasteiger partial charge < -0.3 is 5.32 Å². The smallest absolute Gasteiger partial charge is 0.256 e. The van der Waals surface area contributed by atoms with Crippen molar-refractivity contribution in [1.29, 1.82) is 0 Å². The Labute approximate surface area is 117 Å². The fourth-order valence-electron chi connectivity index (χ4n) is 1.65. The lowest BCUT2D eigenvalue weighted by molar-refractivity contribution is 0.102. The molecular formula is C15H16N2OS. The van der Waals surface area contributed by atoms with Crippen LogP contribution in [0.15, 0.2) is 42.6 Å². The molecule has 0 aliphatic heterocycles. The number of hydrogen-bond acceptors (Lipinski definition) is 3. The molecule has 0 saturated heterocycles. The van der Waals surface area contributed by atoms with Crippen LogP contribution in [-0.4, -0.2) is 17.1 Å². The van der Waals surface area contributed by atoms with Gasteiger partial charge in [-0.05, 0) is 42.5 Å². The van der Waals surface area contributed by atoms with Gasteiger partial charge in [0, 0.05) is 17.5 Å². The van der Waals surface area contributed by atoms with E-state index in [9.17, 15) is 4.79 Å². The van der Waals surface area contributed by atoms with E-state index in [4.69, 9.17) is 0 Å². The summed E-state index contributed by atoms with van der Waals surface area (Å²) in [6.45, 7) is 1.96. The summed E-state index contributed by atoms with van der Waals surface area (Å²) in [6, 6.07) is 11.4. The van der Waals surface area contributed by atoms with E-state index in [0.29, 0.717) is 11.4 Å². The molecule has 1 heterocycles. The number of pyridine rings is 1. The second kappa shape index (κ2) is 6.38. The fraction of sp³-hybridized carbons (Fsp3) is 0.200. The van der Waals surface area contributed by atoms with E-state index in [0.717, 1.165) is 11.3 Å². The first-order valence-electron chi connectivity index (χ1n) is 6.01. The maximum Gasteiger partial charge on any atom is 0.256 e. The molecule has 0 aliphatic rings. The highest BCUT2D eigenvalue weighted by Gasteiger charge is 2.06. The minimum absolute atomic E-state index is 0.132. The molecule has 2 aromatic rings. The number of rotatable bonds is 4. The molecule has 3 nitrogen and oxygen atoms in total. The number of carbonyl (C=O) groups is 1. The van der Waals surface area contributed by atoms with Crippen LogP contribution in [0.4, 0.5) is 5.82 Å². The molecule has 0 spiro atoms. The lowest BCUT2D eigenvalue weighted by Crippen LogP contribution is -2.12. The van der Waals surface area contributed by atoms with Crippen molar-refractivity contribution in [3.63, 3.8) is 0 Å². The molecule has 0 fully saturated rings.